The van der Waals surface area contributed by atoms with Crippen LogP contribution in [0, 0.1) is 5.41 Å². The molecule has 8 heteroatoms. The molecular formula is C22H24F3N5. The van der Waals surface area contributed by atoms with Crippen LogP contribution in [0.4, 0.5) is 13.2 Å². The van der Waals surface area contributed by atoms with Crippen molar-refractivity contribution in [2.24, 2.45) is 16.2 Å². The van der Waals surface area contributed by atoms with Gasteiger partial charge in [0.15, 0.2) is 5.84 Å². The Morgan fingerprint density at radius 1 is 1.17 bits per heavy atom. The van der Waals surface area contributed by atoms with Gasteiger partial charge in [-0.2, -0.15) is 13.2 Å². The molecular weight excluding hydrogens is 391 g/mol. The van der Waals surface area contributed by atoms with Gasteiger partial charge in [0.1, 0.15) is 0 Å². The van der Waals surface area contributed by atoms with Crippen molar-refractivity contribution in [3.8, 4) is 0 Å². The number of amidine groups is 1. The molecule has 30 heavy (non-hydrogen) atoms. The van der Waals surface area contributed by atoms with Crippen molar-refractivity contribution in [3.05, 3.63) is 72.3 Å². The molecule has 0 bridgehead atoms. The third-order valence-electron chi connectivity index (χ3n) is 4.48. The largest absolute Gasteiger partial charge is 0.392 e. The third kappa shape index (κ3) is 5.56. The molecule has 2 aromatic carbocycles. The molecule has 0 saturated heterocycles. The quantitative estimate of drug-likeness (QED) is 0.125. The standard InChI is InChI=1S/C18H19N5.C4H5F3/c1-3-12(2)11-23-16-7-5-4-6-14(16)15-10-13(8-9-17(15)23)18(19)21-22-20;1-2-3-4(5,6)7/h3-10H,11H2,1-2H3,(H3,19,20,21);2H,1,3H2/b12-3+;. The second-order valence-electron chi connectivity index (χ2n) is 6.64. The van der Waals surface area contributed by atoms with E-state index in [0.29, 0.717) is 5.56 Å². The number of para-hydroxylation sites is 1. The molecule has 0 amide bonds. The van der Waals surface area contributed by atoms with Crippen LogP contribution in [0.25, 0.3) is 21.8 Å². The number of nitrogens with one attached hydrogen (secondary N) is 1. The lowest BCUT2D eigenvalue weighted by molar-refractivity contribution is -0.124. The number of benzene rings is 2. The zero-order chi connectivity index (χ0) is 22.3. The summed E-state index contributed by atoms with van der Waals surface area (Å²) >= 11 is 0. The summed E-state index contributed by atoms with van der Waals surface area (Å²) in [5, 5.41) is 17.0. The van der Waals surface area contributed by atoms with Crippen LogP contribution < -0.4 is 5.84 Å². The molecule has 0 fully saturated rings. The lowest BCUT2D eigenvalue weighted by atomic mass is 10.1. The van der Waals surface area contributed by atoms with E-state index in [2.05, 4.69) is 53.5 Å². The molecule has 0 aliphatic heterocycles. The number of halogens is 3. The van der Waals surface area contributed by atoms with Crippen LogP contribution in [0.1, 0.15) is 25.8 Å². The maximum absolute atomic E-state index is 11.0. The second kappa shape index (κ2) is 9.87. The summed E-state index contributed by atoms with van der Waals surface area (Å²) < 4.78 is 35.3. The van der Waals surface area contributed by atoms with Crippen LogP contribution in [0.3, 0.4) is 0 Å². The van der Waals surface area contributed by atoms with E-state index in [1.807, 2.05) is 30.3 Å². The molecule has 1 heterocycles. The highest BCUT2D eigenvalue weighted by atomic mass is 19.4. The SMILES string of the molecule is C/C=C(\C)Cn1c2ccccc2c2cc(C(=N)N=NN)ccc21.C=CCC(F)(F)F. The number of nitrogens with zero attached hydrogens (tertiary/aromatic N) is 3. The molecule has 5 nitrogen and oxygen atoms in total. The molecule has 158 valence electrons. The van der Waals surface area contributed by atoms with E-state index >= 15 is 0 Å². The molecule has 3 N–H and O–H groups in total. The second-order valence-corrected chi connectivity index (χ2v) is 6.64. The average molecular weight is 415 g/mol. The fraction of sp³-hybridized carbons (Fsp3) is 0.227. The summed E-state index contributed by atoms with van der Waals surface area (Å²) in [6.07, 6.45) is -2.00. The van der Waals surface area contributed by atoms with Crippen LogP contribution in [0.2, 0.25) is 0 Å². The van der Waals surface area contributed by atoms with Gasteiger partial charge in [-0.3, -0.25) is 5.41 Å². The number of hydrogen-bond donors (Lipinski definition) is 2. The van der Waals surface area contributed by atoms with Gasteiger partial charge < -0.3 is 10.4 Å². The normalized spacial score (nSPS) is 12.2. The zero-order valence-electron chi connectivity index (χ0n) is 16.9. The molecule has 3 rings (SSSR count). The van der Waals surface area contributed by atoms with E-state index in [-0.39, 0.29) is 5.84 Å². The number of nitrogens with two attached hydrogens (primary N) is 1. The van der Waals surface area contributed by atoms with E-state index < -0.39 is 12.6 Å². The van der Waals surface area contributed by atoms with Gasteiger partial charge in [0.2, 0.25) is 0 Å². The minimum Gasteiger partial charge on any atom is -0.336 e. The predicted molar refractivity (Wildman–Crippen MR) is 116 cm³/mol. The van der Waals surface area contributed by atoms with Gasteiger partial charge in [-0.15, -0.1) is 11.7 Å². The van der Waals surface area contributed by atoms with Crippen molar-refractivity contribution in [1.82, 2.24) is 4.57 Å². The first-order valence-electron chi connectivity index (χ1n) is 9.22. The molecule has 3 aromatic rings. The van der Waals surface area contributed by atoms with E-state index in [4.69, 9.17) is 11.3 Å². The van der Waals surface area contributed by atoms with E-state index in [1.54, 1.807) is 0 Å². The van der Waals surface area contributed by atoms with Gasteiger partial charge >= 0.3 is 6.18 Å². The Kier molecular flexibility index (Phi) is 7.52. The monoisotopic (exact) mass is 415 g/mol. The third-order valence-corrected chi connectivity index (χ3v) is 4.48. The molecule has 0 saturated carbocycles. The van der Waals surface area contributed by atoms with Gasteiger partial charge in [-0.1, -0.05) is 41.1 Å². The van der Waals surface area contributed by atoms with Crippen molar-refractivity contribution in [2.45, 2.75) is 33.0 Å². The summed E-state index contributed by atoms with van der Waals surface area (Å²) in [7, 11) is 0. The lowest BCUT2D eigenvalue weighted by Gasteiger charge is -2.08. The Hall–Kier alpha value is -3.42. The van der Waals surface area contributed by atoms with Gasteiger partial charge in [-0.25, -0.2) is 0 Å². The number of allylic oxidation sites excluding steroid dienone is 3. The Balaban J connectivity index is 0.000000396. The molecule has 0 unspecified atom stereocenters. The first kappa shape index (κ1) is 22.9. The first-order valence-corrected chi connectivity index (χ1v) is 9.22. The smallest absolute Gasteiger partial charge is 0.336 e. The summed E-state index contributed by atoms with van der Waals surface area (Å²) in [5.41, 5.74) is 4.35. The maximum Gasteiger partial charge on any atom is 0.392 e. The predicted octanol–water partition coefficient (Wildman–Crippen LogP) is 6.54. The summed E-state index contributed by atoms with van der Waals surface area (Å²) in [6, 6.07) is 14.2. The molecule has 0 spiro atoms. The number of fused-ring (bicyclic) bond motifs is 3. The Bertz CT molecular complexity index is 1110. The fourth-order valence-electron chi connectivity index (χ4n) is 2.99. The molecule has 0 atom stereocenters. The summed E-state index contributed by atoms with van der Waals surface area (Å²) in [6.45, 7) is 7.96. The number of hydrogen-bond acceptors (Lipinski definition) is 2. The average Bonchev–Trinajstić information content (AvgIpc) is 3.01. The molecule has 0 radical (unpaired) electrons. The van der Waals surface area contributed by atoms with Crippen LogP contribution >= 0.6 is 0 Å². The topological polar surface area (TPSA) is 79.5 Å². The zero-order valence-corrected chi connectivity index (χ0v) is 16.9. The van der Waals surface area contributed by atoms with Crippen molar-refractivity contribution in [2.75, 3.05) is 0 Å². The van der Waals surface area contributed by atoms with E-state index in [1.165, 1.54) is 16.5 Å². The van der Waals surface area contributed by atoms with Crippen LogP contribution in [-0.4, -0.2) is 16.6 Å². The molecule has 0 aliphatic rings. The van der Waals surface area contributed by atoms with Crippen molar-refractivity contribution < 1.29 is 13.2 Å². The summed E-state index contributed by atoms with van der Waals surface area (Å²) in [5.74, 6) is 5.12. The fourth-order valence-corrected chi connectivity index (χ4v) is 2.99. The van der Waals surface area contributed by atoms with Gasteiger partial charge in [0.25, 0.3) is 0 Å². The molecule has 1 aromatic heterocycles. The summed E-state index contributed by atoms with van der Waals surface area (Å²) in [4.78, 5) is 0. The highest BCUT2D eigenvalue weighted by molar-refractivity contribution is 6.11. The highest BCUT2D eigenvalue weighted by Gasteiger charge is 2.23. The minimum absolute atomic E-state index is 0.0656. The van der Waals surface area contributed by atoms with Crippen molar-refractivity contribution >= 4 is 27.6 Å². The van der Waals surface area contributed by atoms with Gasteiger partial charge in [-0.05, 0) is 38.1 Å². The van der Waals surface area contributed by atoms with Gasteiger partial charge in [0, 0.05) is 33.9 Å². The van der Waals surface area contributed by atoms with Gasteiger partial charge in [0.05, 0.1) is 6.42 Å². The Morgan fingerprint density at radius 2 is 1.83 bits per heavy atom. The number of alkyl halides is 3. The van der Waals surface area contributed by atoms with Crippen LogP contribution in [0.5, 0.6) is 0 Å². The van der Waals surface area contributed by atoms with Crippen molar-refractivity contribution in [3.63, 3.8) is 0 Å². The maximum atomic E-state index is 11.0. The van der Waals surface area contributed by atoms with E-state index in [0.717, 1.165) is 23.5 Å². The lowest BCUT2D eigenvalue weighted by Crippen LogP contribution is -2.03. The number of rotatable bonds is 4. The Labute approximate surface area is 172 Å². The minimum atomic E-state index is -4.07. The van der Waals surface area contributed by atoms with Crippen LogP contribution in [0.15, 0.2) is 77.1 Å². The van der Waals surface area contributed by atoms with E-state index in [9.17, 15) is 13.2 Å². The Morgan fingerprint density at radius 3 is 2.40 bits per heavy atom. The molecule has 0 aliphatic carbocycles. The van der Waals surface area contributed by atoms with Crippen molar-refractivity contribution in [1.29, 1.82) is 5.41 Å². The first-order chi connectivity index (χ1) is 14.2. The highest BCUT2D eigenvalue weighted by Crippen LogP contribution is 2.30. The van der Waals surface area contributed by atoms with Crippen LogP contribution in [-0.2, 0) is 6.54 Å². The number of aromatic nitrogens is 1.